The number of anilines is 1. The number of pyridine rings is 1. The molecule has 7 heteroatoms. The lowest BCUT2D eigenvalue weighted by atomic mass is 9.90. The standard InChI is InChI=1S/C22H20N4O3/c1-14-7-10-18(23-12-14)24-19(27)13-26-20(28)22(2,25-21(26)29)17-9-8-15-5-3-4-6-16(15)11-17/h3-12H,13H2,1-2H3,(H,25,29)(H,23,24,27)/t22-/m0/s1. The number of hydrogen-bond donors (Lipinski definition) is 2. The van der Waals surface area contributed by atoms with Gasteiger partial charge in [0.05, 0.1) is 0 Å². The molecule has 0 saturated carbocycles. The molecule has 146 valence electrons. The molecule has 1 atom stereocenters. The first-order valence-electron chi connectivity index (χ1n) is 9.23. The van der Waals surface area contributed by atoms with Crippen LogP contribution >= 0.6 is 0 Å². The lowest BCUT2D eigenvalue weighted by Crippen LogP contribution is -2.42. The topological polar surface area (TPSA) is 91.4 Å². The van der Waals surface area contributed by atoms with E-state index in [0.29, 0.717) is 11.4 Å². The van der Waals surface area contributed by atoms with Gasteiger partial charge in [0.1, 0.15) is 17.9 Å². The third kappa shape index (κ3) is 3.42. The zero-order chi connectivity index (χ0) is 20.6. The zero-order valence-corrected chi connectivity index (χ0v) is 16.1. The van der Waals surface area contributed by atoms with Crippen molar-refractivity contribution in [2.75, 3.05) is 11.9 Å². The molecule has 7 nitrogen and oxygen atoms in total. The van der Waals surface area contributed by atoms with E-state index in [4.69, 9.17) is 0 Å². The van der Waals surface area contributed by atoms with Crippen molar-refractivity contribution < 1.29 is 14.4 Å². The van der Waals surface area contributed by atoms with E-state index in [-0.39, 0.29) is 6.54 Å². The number of hydrogen-bond acceptors (Lipinski definition) is 4. The third-order valence-electron chi connectivity index (χ3n) is 5.08. The van der Waals surface area contributed by atoms with Gasteiger partial charge in [-0.1, -0.05) is 42.5 Å². The van der Waals surface area contributed by atoms with E-state index in [9.17, 15) is 14.4 Å². The SMILES string of the molecule is Cc1ccc(NC(=O)CN2C(=O)N[C@@](C)(c3ccc4ccccc4c3)C2=O)nc1. The van der Waals surface area contributed by atoms with Gasteiger partial charge in [-0.25, -0.2) is 9.78 Å². The number of nitrogens with one attached hydrogen (secondary N) is 2. The van der Waals surface area contributed by atoms with Gasteiger partial charge in [0.25, 0.3) is 5.91 Å². The number of aromatic nitrogens is 1. The summed E-state index contributed by atoms with van der Waals surface area (Å²) in [7, 11) is 0. The van der Waals surface area contributed by atoms with Crippen LogP contribution in [0.15, 0.2) is 60.8 Å². The Bertz CT molecular complexity index is 1130. The average Bonchev–Trinajstić information content (AvgIpc) is 2.93. The van der Waals surface area contributed by atoms with Crippen LogP contribution in [0.25, 0.3) is 10.8 Å². The fourth-order valence-electron chi connectivity index (χ4n) is 3.40. The second-order valence-corrected chi connectivity index (χ2v) is 7.28. The molecule has 1 saturated heterocycles. The number of amides is 4. The number of benzene rings is 2. The number of carbonyl (C=O) groups is 3. The average molecular weight is 388 g/mol. The van der Waals surface area contributed by atoms with Crippen molar-refractivity contribution >= 4 is 34.4 Å². The molecule has 29 heavy (non-hydrogen) atoms. The molecular weight excluding hydrogens is 368 g/mol. The maximum Gasteiger partial charge on any atom is 0.325 e. The smallest absolute Gasteiger partial charge is 0.319 e. The summed E-state index contributed by atoms with van der Waals surface area (Å²) in [6.45, 7) is 3.15. The maximum absolute atomic E-state index is 13.1. The lowest BCUT2D eigenvalue weighted by Gasteiger charge is -2.22. The number of urea groups is 1. The largest absolute Gasteiger partial charge is 0.325 e. The number of carbonyl (C=O) groups excluding carboxylic acids is 3. The van der Waals surface area contributed by atoms with Crippen LogP contribution in [0.1, 0.15) is 18.1 Å². The van der Waals surface area contributed by atoms with Crippen LogP contribution in [0.5, 0.6) is 0 Å². The maximum atomic E-state index is 13.1. The lowest BCUT2D eigenvalue weighted by molar-refractivity contribution is -0.133. The normalized spacial score (nSPS) is 18.8. The first kappa shape index (κ1) is 18.6. The van der Waals surface area contributed by atoms with Gasteiger partial charge in [-0.3, -0.25) is 14.5 Å². The molecule has 0 spiro atoms. The van der Waals surface area contributed by atoms with Crippen LogP contribution in [0.2, 0.25) is 0 Å². The summed E-state index contributed by atoms with van der Waals surface area (Å²) >= 11 is 0. The molecule has 1 fully saturated rings. The minimum Gasteiger partial charge on any atom is -0.319 e. The van der Waals surface area contributed by atoms with Crippen LogP contribution in [0, 0.1) is 6.92 Å². The van der Waals surface area contributed by atoms with Gasteiger partial charge in [0, 0.05) is 6.20 Å². The Hall–Kier alpha value is -3.74. The van der Waals surface area contributed by atoms with Crippen molar-refractivity contribution in [1.82, 2.24) is 15.2 Å². The number of rotatable bonds is 4. The third-order valence-corrected chi connectivity index (χ3v) is 5.08. The highest BCUT2D eigenvalue weighted by molar-refractivity contribution is 6.10. The minimum atomic E-state index is -1.23. The molecule has 0 unspecified atom stereocenters. The molecule has 4 amide bonds. The Morgan fingerprint density at radius 1 is 1.10 bits per heavy atom. The summed E-state index contributed by atoms with van der Waals surface area (Å²) in [5, 5.41) is 7.34. The van der Waals surface area contributed by atoms with Crippen LogP contribution in [0.4, 0.5) is 10.6 Å². The summed E-state index contributed by atoms with van der Waals surface area (Å²) in [6.07, 6.45) is 1.63. The zero-order valence-electron chi connectivity index (χ0n) is 16.1. The summed E-state index contributed by atoms with van der Waals surface area (Å²) in [6, 6.07) is 16.3. The molecular formula is C22H20N4O3. The van der Waals surface area contributed by atoms with Gasteiger partial charge in [0.2, 0.25) is 5.91 Å². The van der Waals surface area contributed by atoms with E-state index in [0.717, 1.165) is 21.2 Å². The summed E-state index contributed by atoms with van der Waals surface area (Å²) in [4.78, 5) is 42.9. The predicted molar refractivity (Wildman–Crippen MR) is 109 cm³/mol. The second-order valence-electron chi connectivity index (χ2n) is 7.28. The monoisotopic (exact) mass is 388 g/mol. The predicted octanol–water partition coefficient (Wildman–Crippen LogP) is 2.95. The highest BCUT2D eigenvalue weighted by atomic mass is 16.2. The molecule has 2 N–H and O–H groups in total. The molecule has 2 aromatic carbocycles. The number of imide groups is 1. The molecule has 1 aromatic heterocycles. The van der Waals surface area contributed by atoms with Crippen molar-refractivity contribution in [2.24, 2.45) is 0 Å². The van der Waals surface area contributed by atoms with Gasteiger partial charge < -0.3 is 10.6 Å². The van der Waals surface area contributed by atoms with Crippen LogP contribution < -0.4 is 10.6 Å². The van der Waals surface area contributed by atoms with Crippen LogP contribution in [0.3, 0.4) is 0 Å². The summed E-state index contributed by atoms with van der Waals surface area (Å²) in [5.41, 5.74) is 0.393. The van der Waals surface area contributed by atoms with Gasteiger partial charge in [-0.15, -0.1) is 0 Å². The minimum absolute atomic E-state index is 0.366. The Kier molecular flexibility index (Phi) is 4.50. The second kappa shape index (κ2) is 7.01. The molecule has 3 aromatic rings. The van der Waals surface area contributed by atoms with Crippen molar-refractivity contribution in [3.63, 3.8) is 0 Å². The summed E-state index contributed by atoms with van der Waals surface area (Å²) in [5.74, 6) is -0.595. The van der Waals surface area contributed by atoms with Crippen molar-refractivity contribution in [1.29, 1.82) is 0 Å². The van der Waals surface area contributed by atoms with E-state index < -0.39 is 23.4 Å². The highest BCUT2D eigenvalue weighted by Gasteiger charge is 2.49. The number of nitrogens with zero attached hydrogens (tertiary/aromatic N) is 2. The number of aryl methyl sites for hydroxylation is 1. The van der Waals surface area contributed by atoms with Crippen molar-refractivity contribution in [2.45, 2.75) is 19.4 Å². The van der Waals surface area contributed by atoms with E-state index >= 15 is 0 Å². The van der Waals surface area contributed by atoms with Crippen molar-refractivity contribution in [3.8, 4) is 0 Å². The van der Waals surface area contributed by atoms with E-state index in [2.05, 4.69) is 15.6 Å². The quantitative estimate of drug-likeness (QED) is 0.672. The van der Waals surface area contributed by atoms with Gasteiger partial charge in [0.15, 0.2) is 0 Å². The molecule has 1 aliphatic heterocycles. The molecule has 0 aliphatic carbocycles. The Balaban J connectivity index is 1.54. The highest BCUT2D eigenvalue weighted by Crippen LogP contribution is 2.31. The molecule has 1 aliphatic rings. The van der Waals surface area contributed by atoms with Gasteiger partial charge in [-0.05, 0) is 47.9 Å². The molecule has 4 rings (SSSR count). The van der Waals surface area contributed by atoms with Gasteiger partial charge >= 0.3 is 6.03 Å². The Morgan fingerprint density at radius 2 is 1.86 bits per heavy atom. The van der Waals surface area contributed by atoms with Crippen LogP contribution in [-0.2, 0) is 15.1 Å². The summed E-state index contributed by atoms with van der Waals surface area (Å²) < 4.78 is 0. The fraction of sp³-hybridized carbons (Fsp3) is 0.182. The molecule has 0 radical (unpaired) electrons. The Labute approximate surface area is 167 Å². The van der Waals surface area contributed by atoms with Gasteiger partial charge in [-0.2, -0.15) is 0 Å². The van der Waals surface area contributed by atoms with E-state index in [1.807, 2.05) is 55.5 Å². The van der Waals surface area contributed by atoms with Crippen molar-refractivity contribution in [3.05, 3.63) is 71.9 Å². The first-order chi connectivity index (χ1) is 13.9. The fourth-order valence-corrected chi connectivity index (χ4v) is 3.40. The first-order valence-corrected chi connectivity index (χ1v) is 9.23. The number of fused-ring (bicyclic) bond motifs is 1. The van der Waals surface area contributed by atoms with E-state index in [1.165, 1.54) is 0 Å². The molecule has 0 bridgehead atoms. The van der Waals surface area contributed by atoms with Crippen LogP contribution in [-0.4, -0.2) is 34.3 Å². The Morgan fingerprint density at radius 3 is 2.59 bits per heavy atom. The molecule has 2 heterocycles. The van der Waals surface area contributed by atoms with E-state index in [1.54, 1.807) is 19.2 Å².